The van der Waals surface area contributed by atoms with E-state index in [2.05, 4.69) is 25.5 Å². The maximum absolute atomic E-state index is 3.84. The Morgan fingerprint density at radius 1 is 1.60 bits per heavy atom. The molecule has 0 aromatic carbocycles. The van der Waals surface area contributed by atoms with Gasteiger partial charge in [-0.1, -0.05) is 24.8 Å². The van der Waals surface area contributed by atoms with E-state index in [1.807, 2.05) is 0 Å². The third-order valence-electron chi connectivity index (χ3n) is 1.03. The Hall–Kier alpha value is 0.934. The van der Waals surface area contributed by atoms with Crippen molar-refractivity contribution >= 4 is 11.8 Å². The van der Waals surface area contributed by atoms with Crippen LogP contribution in [0, 0.1) is 5.41 Å². The van der Waals surface area contributed by atoms with Crippen LogP contribution in [-0.2, 0) is 32.7 Å². The third-order valence-corrected chi connectivity index (χ3v) is 1.66. The Morgan fingerprint density at radius 3 is 2.60 bits per heavy atom. The van der Waals surface area contributed by atoms with Gasteiger partial charge in [0.15, 0.2) is 0 Å². The molecular weight excluding hydrogens is 217 g/mol. The molecule has 0 heterocycles. The van der Waals surface area contributed by atoms with E-state index >= 15 is 0 Å². The summed E-state index contributed by atoms with van der Waals surface area (Å²) < 4.78 is 0. The van der Waals surface area contributed by atoms with Crippen molar-refractivity contribution in [3.8, 4) is 0 Å². The van der Waals surface area contributed by atoms with Crippen LogP contribution in [0.5, 0.6) is 0 Å². The summed E-state index contributed by atoms with van der Waals surface area (Å²) >= 11 is 1.52. The molecule has 0 nitrogen and oxygen atoms in total. The molecule has 0 rings (SSSR count). The molecule has 0 aliphatic rings. The van der Waals surface area contributed by atoms with Gasteiger partial charge in [0.05, 0.1) is 0 Å². The van der Waals surface area contributed by atoms with E-state index in [1.165, 1.54) is 29.5 Å². The molecule has 0 saturated heterocycles. The monoisotopic (exact) mass is 230 g/mol. The number of thioether (sulfide) groups is 1. The van der Waals surface area contributed by atoms with Crippen molar-refractivity contribution in [2.24, 2.45) is 0 Å². The summed E-state index contributed by atoms with van der Waals surface area (Å²) in [7, 11) is 0. The Kier molecular flexibility index (Phi) is 13.4. The van der Waals surface area contributed by atoms with E-state index < -0.39 is 0 Å². The molecule has 0 N–H and O–H groups in total. The fourth-order valence-corrected chi connectivity index (χ4v) is 0.978. The molecule has 0 fully saturated rings. The van der Waals surface area contributed by atoms with Gasteiger partial charge in [0.1, 0.15) is 0 Å². The normalized spacial score (nSPS) is 8.10. The fraction of sp³-hybridized carbons (Fsp3) is 0.500. The van der Waals surface area contributed by atoms with Crippen molar-refractivity contribution in [2.75, 3.05) is 0 Å². The largest absolute Gasteiger partial charge is 0.435 e. The number of unbranched alkanes of at least 4 members (excludes halogenated alkanes) is 1. The van der Waals surface area contributed by atoms with Gasteiger partial charge in [-0.2, -0.15) is 0 Å². The van der Waals surface area contributed by atoms with Crippen molar-refractivity contribution < 1.29 is 32.7 Å². The summed E-state index contributed by atoms with van der Waals surface area (Å²) in [5.41, 5.74) is 0. The molecular formula is C8H13SY-. The van der Waals surface area contributed by atoms with Gasteiger partial charge >= 0.3 is 0 Å². The summed E-state index contributed by atoms with van der Waals surface area (Å²) in [5, 5.41) is 2.74. The third kappa shape index (κ3) is 8.93. The summed E-state index contributed by atoms with van der Waals surface area (Å²) in [5.74, 6) is 0. The average Bonchev–Trinajstić information content (AvgIpc) is 1.85. The average molecular weight is 230 g/mol. The Morgan fingerprint density at radius 2 is 2.20 bits per heavy atom. The first kappa shape index (κ1) is 13.5. The van der Waals surface area contributed by atoms with Crippen LogP contribution in [0.1, 0.15) is 26.2 Å². The number of allylic oxidation sites excluding steroid dienone is 1. The molecule has 10 heavy (non-hydrogen) atoms. The molecule has 55 valence electrons. The molecule has 0 unspecified atom stereocenters. The maximum atomic E-state index is 3.84. The molecule has 0 aromatic heterocycles. The van der Waals surface area contributed by atoms with Gasteiger partial charge in [-0.3, -0.25) is 6.58 Å². The summed E-state index contributed by atoms with van der Waals surface area (Å²) in [6.07, 6.45) is 3.56. The molecule has 1 radical (unpaired) electrons. The second-order valence-electron chi connectivity index (χ2n) is 1.89. The summed E-state index contributed by atoms with van der Waals surface area (Å²) in [6.45, 7) is 9.50. The quantitative estimate of drug-likeness (QED) is 0.652. The van der Waals surface area contributed by atoms with Crippen LogP contribution in [-0.4, -0.2) is 0 Å². The predicted octanol–water partition coefficient (Wildman–Crippen LogP) is 3.37. The van der Waals surface area contributed by atoms with E-state index in [0.29, 0.717) is 0 Å². The minimum atomic E-state index is 0. The molecule has 0 amide bonds. The SMILES string of the molecule is C=[C-]SC(=C)CCCC.[Y]. The smallest absolute Gasteiger partial charge is 0 e. The minimum Gasteiger partial charge on any atom is -0.435 e. The topological polar surface area (TPSA) is 0 Å². The number of hydrogen-bond donors (Lipinski definition) is 0. The van der Waals surface area contributed by atoms with Gasteiger partial charge in [-0.05, 0) is 12.8 Å². The first-order valence-corrected chi connectivity index (χ1v) is 3.99. The van der Waals surface area contributed by atoms with Gasteiger partial charge in [-0.15, -0.1) is 0 Å². The van der Waals surface area contributed by atoms with E-state index in [4.69, 9.17) is 0 Å². The standard InChI is InChI=1S/C8H13S.Y/c1-4-6-7-8(3)9-5-2;/h2-4,6-7H2,1H3;/q-1;. The zero-order chi connectivity index (χ0) is 7.11. The minimum absolute atomic E-state index is 0. The number of rotatable bonds is 5. The Balaban J connectivity index is 0. The summed E-state index contributed by atoms with van der Waals surface area (Å²) in [6, 6.07) is 0. The van der Waals surface area contributed by atoms with E-state index in [-0.39, 0.29) is 32.7 Å². The van der Waals surface area contributed by atoms with Gasteiger partial charge in [0, 0.05) is 32.7 Å². The van der Waals surface area contributed by atoms with Gasteiger partial charge in [0.25, 0.3) is 0 Å². The van der Waals surface area contributed by atoms with Gasteiger partial charge in [-0.25, -0.2) is 0 Å². The van der Waals surface area contributed by atoms with E-state index in [1.54, 1.807) is 0 Å². The molecule has 2 heteroatoms. The van der Waals surface area contributed by atoms with Crippen molar-refractivity contribution in [1.29, 1.82) is 0 Å². The molecule has 0 aliphatic carbocycles. The van der Waals surface area contributed by atoms with Crippen LogP contribution in [0.15, 0.2) is 18.1 Å². The second kappa shape index (κ2) is 9.93. The molecule has 0 bridgehead atoms. The zero-order valence-corrected chi connectivity index (χ0v) is 10.2. The first-order valence-electron chi connectivity index (χ1n) is 3.18. The second-order valence-corrected chi connectivity index (χ2v) is 2.96. The van der Waals surface area contributed by atoms with E-state index in [0.717, 1.165) is 6.42 Å². The van der Waals surface area contributed by atoms with E-state index in [9.17, 15) is 0 Å². The van der Waals surface area contributed by atoms with Crippen LogP contribution in [0.25, 0.3) is 0 Å². The van der Waals surface area contributed by atoms with Crippen molar-refractivity contribution in [3.05, 3.63) is 23.5 Å². The van der Waals surface area contributed by atoms with Gasteiger partial charge in [0.2, 0.25) is 0 Å². The molecule has 0 aliphatic heterocycles. The van der Waals surface area contributed by atoms with Crippen molar-refractivity contribution in [2.45, 2.75) is 26.2 Å². The first-order chi connectivity index (χ1) is 4.31. The summed E-state index contributed by atoms with van der Waals surface area (Å²) in [4.78, 5) is 1.17. The number of hydrogen-bond acceptors (Lipinski definition) is 1. The molecule has 0 saturated carbocycles. The Bertz CT molecular complexity index is 99.4. The Labute approximate surface area is 93.4 Å². The maximum Gasteiger partial charge on any atom is 0 e. The van der Waals surface area contributed by atoms with Crippen LogP contribution < -0.4 is 0 Å². The fourth-order valence-electron chi connectivity index (χ4n) is 0.527. The van der Waals surface area contributed by atoms with Crippen molar-refractivity contribution in [1.82, 2.24) is 0 Å². The van der Waals surface area contributed by atoms with Crippen molar-refractivity contribution in [3.63, 3.8) is 0 Å². The molecule has 0 aromatic rings. The predicted molar refractivity (Wildman–Crippen MR) is 45.1 cm³/mol. The van der Waals surface area contributed by atoms with Crippen LogP contribution in [0.2, 0.25) is 0 Å². The zero-order valence-electron chi connectivity index (χ0n) is 6.52. The van der Waals surface area contributed by atoms with Crippen LogP contribution >= 0.6 is 11.8 Å². The van der Waals surface area contributed by atoms with Crippen LogP contribution in [0.3, 0.4) is 0 Å². The van der Waals surface area contributed by atoms with Gasteiger partial charge < -0.3 is 17.2 Å². The molecule has 0 atom stereocenters. The van der Waals surface area contributed by atoms with Crippen LogP contribution in [0.4, 0.5) is 0 Å². The molecule has 0 spiro atoms.